The molecule has 1 aliphatic rings. The number of aryl methyl sites for hydroxylation is 2. The minimum atomic E-state index is 0.588. The van der Waals surface area contributed by atoms with E-state index in [0.29, 0.717) is 6.04 Å². The number of thiocarbonyl (C=S) groups is 1. The molecule has 3 heteroatoms. The average molecular weight is 290 g/mol. The molecule has 2 rings (SSSR count). The van der Waals surface area contributed by atoms with Gasteiger partial charge in [0.15, 0.2) is 5.11 Å². The van der Waals surface area contributed by atoms with Crippen molar-refractivity contribution in [2.24, 2.45) is 0 Å². The minimum Gasteiger partial charge on any atom is -0.362 e. The molecule has 0 spiro atoms. The van der Waals surface area contributed by atoms with E-state index in [1.807, 2.05) is 0 Å². The average Bonchev–Trinajstić information content (AvgIpc) is 2.44. The lowest BCUT2D eigenvalue weighted by atomic mass is 9.96. The van der Waals surface area contributed by atoms with Crippen LogP contribution >= 0.6 is 12.2 Å². The van der Waals surface area contributed by atoms with Crippen molar-refractivity contribution >= 4 is 17.3 Å². The van der Waals surface area contributed by atoms with Crippen molar-refractivity contribution in [3.05, 3.63) is 34.9 Å². The van der Waals surface area contributed by atoms with Crippen molar-refractivity contribution in [3.8, 4) is 0 Å². The van der Waals surface area contributed by atoms with Gasteiger partial charge in [-0.05, 0) is 62.0 Å². The second kappa shape index (κ2) is 7.63. The molecule has 2 N–H and O–H groups in total. The predicted molar refractivity (Wildman–Crippen MR) is 90.2 cm³/mol. The van der Waals surface area contributed by atoms with Crippen LogP contribution in [0, 0.1) is 13.8 Å². The molecule has 0 saturated heterocycles. The Balaban J connectivity index is 1.69. The molecule has 0 amide bonds. The summed E-state index contributed by atoms with van der Waals surface area (Å²) < 4.78 is 0. The fourth-order valence-electron chi connectivity index (χ4n) is 2.76. The van der Waals surface area contributed by atoms with Crippen molar-refractivity contribution in [1.29, 1.82) is 0 Å². The van der Waals surface area contributed by atoms with Crippen LogP contribution in [0.15, 0.2) is 18.2 Å². The summed E-state index contributed by atoms with van der Waals surface area (Å²) >= 11 is 5.37. The zero-order valence-electron chi connectivity index (χ0n) is 12.7. The highest BCUT2D eigenvalue weighted by Gasteiger charge is 2.13. The molecule has 110 valence electrons. The maximum atomic E-state index is 5.37. The lowest BCUT2D eigenvalue weighted by Crippen LogP contribution is -2.43. The van der Waals surface area contributed by atoms with Gasteiger partial charge < -0.3 is 10.6 Å². The Morgan fingerprint density at radius 2 is 1.90 bits per heavy atom. The van der Waals surface area contributed by atoms with Crippen LogP contribution in [0.25, 0.3) is 0 Å². The molecule has 2 nitrogen and oxygen atoms in total. The van der Waals surface area contributed by atoms with Crippen LogP contribution in [0.2, 0.25) is 0 Å². The lowest BCUT2D eigenvalue weighted by Gasteiger charge is -2.24. The highest BCUT2D eigenvalue weighted by molar-refractivity contribution is 7.80. The number of hydrogen-bond acceptors (Lipinski definition) is 1. The van der Waals surface area contributed by atoms with Crippen molar-refractivity contribution in [3.63, 3.8) is 0 Å². The molecular formula is C17H26N2S. The van der Waals surface area contributed by atoms with Gasteiger partial charge in [-0.1, -0.05) is 37.5 Å². The maximum Gasteiger partial charge on any atom is 0.166 e. The molecule has 1 aromatic rings. The molecule has 20 heavy (non-hydrogen) atoms. The Morgan fingerprint density at radius 1 is 1.15 bits per heavy atom. The van der Waals surface area contributed by atoms with E-state index in [1.165, 1.54) is 48.8 Å². The maximum absolute atomic E-state index is 5.37. The van der Waals surface area contributed by atoms with E-state index in [9.17, 15) is 0 Å². The van der Waals surface area contributed by atoms with Crippen molar-refractivity contribution < 1.29 is 0 Å². The summed E-state index contributed by atoms with van der Waals surface area (Å²) in [6.45, 7) is 5.23. The van der Waals surface area contributed by atoms with Gasteiger partial charge in [0.05, 0.1) is 0 Å². The normalized spacial score (nSPS) is 15.9. The van der Waals surface area contributed by atoms with Gasteiger partial charge in [-0.15, -0.1) is 0 Å². The molecule has 1 fully saturated rings. The minimum absolute atomic E-state index is 0.588. The van der Waals surface area contributed by atoms with E-state index < -0.39 is 0 Å². The summed E-state index contributed by atoms with van der Waals surface area (Å²) in [5.74, 6) is 0. The number of hydrogen-bond donors (Lipinski definition) is 2. The first-order valence-electron chi connectivity index (χ1n) is 7.75. The Kier molecular flexibility index (Phi) is 5.84. The standard InChI is InChI=1S/C17H26N2S/c1-13-8-9-15(12-14(13)2)10-11-18-17(20)19-16-6-4-3-5-7-16/h8-9,12,16H,3-7,10-11H2,1-2H3,(H2,18,19,20). The first-order chi connectivity index (χ1) is 9.65. The smallest absolute Gasteiger partial charge is 0.166 e. The first kappa shape index (κ1) is 15.3. The summed E-state index contributed by atoms with van der Waals surface area (Å²) in [5.41, 5.74) is 4.10. The van der Waals surface area contributed by atoms with E-state index in [4.69, 9.17) is 12.2 Å². The SMILES string of the molecule is Cc1ccc(CCNC(=S)NC2CCCCC2)cc1C. The van der Waals surface area contributed by atoms with Crippen LogP contribution in [0.1, 0.15) is 48.8 Å². The van der Waals surface area contributed by atoms with E-state index in [0.717, 1.165) is 18.1 Å². The van der Waals surface area contributed by atoms with Crippen LogP contribution in [0.3, 0.4) is 0 Å². The molecule has 0 heterocycles. The summed E-state index contributed by atoms with van der Waals surface area (Å²) in [6, 6.07) is 7.27. The molecular weight excluding hydrogens is 264 g/mol. The molecule has 0 atom stereocenters. The number of nitrogens with one attached hydrogen (secondary N) is 2. The van der Waals surface area contributed by atoms with Crippen LogP contribution in [-0.4, -0.2) is 17.7 Å². The Bertz CT molecular complexity index is 450. The Labute approximate surface area is 128 Å². The highest BCUT2D eigenvalue weighted by Crippen LogP contribution is 2.17. The summed E-state index contributed by atoms with van der Waals surface area (Å²) in [6.07, 6.45) is 7.60. The van der Waals surface area contributed by atoms with Crippen LogP contribution in [-0.2, 0) is 6.42 Å². The monoisotopic (exact) mass is 290 g/mol. The first-order valence-corrected chi connectivity index (χ1v) is 8.16. The Morgan fingerprint density at radius 3 is 2.60 bits per heavy atom. The fraction of sp³-hybridized carbons (Fsp3) is 0.588. The quantitative estimate of drug-likeness (QED) is 0.828. The van der Waals surface area contributed by atoms with Gasteiger partial charge in [0.25, 0.3) is 0 Å². The lowest BCUT2D eigenvalue weighted by molar-refractivity contribution is 0.412. The summed E-state index contributed by atoms with van der Waals surface area (Å²) in [5, 5.41) is 7.60. The third-order valence-electron chi connectivity index (χ3n) is 4.21. The van der Waals surface area contributed by atoms with Crippen molar-refractivity contribution in [2.45, 2.75) is 58.4 Å². The van der Waals surface area contributed by atoms with Gasteiger partial charge >= 0.3 is 0 Å². The van der Waals surface area contributed by atoms with E-state index in [2.05, 4.69) is 42.7 Å². The number of benzene rings is 1. The van der Waals surface area contributed by atoms with Crippen LogP contribution < -0.4 is 10.6 Å². The van der Waals surface area contributed by atoms with Gasteiger partial charge in [0.2, 0.25) is 0 Å². The van der Waals surface area contributed by atoms with Gasteiger partial charge in [-0.3, -0.25) is 0 Å². The van der Waals surface area contributed by atoms with E-state index in [-0.39, 0.29) is 0 Å². The second-order valence-corrected chi connectivity index (χ2v) is 6.31. The molecule has 0 bridgehead atoms. The summed E-state index contributed by atoms with van der Waals surface area (Å²) in [7, 11) is 0. The Hall–Kier alpha value is -1.09. The van der Waals surface area contributed by atoms with E-state index in [1.54, 1.807) is 0 Å². The fourth-order valence-corrected chi connectivity index (χ4v) is 3.03. The molecule has 0 radical (unpaired) electrons. The third-order valence-corrected chi connectivity index (χ3v) is 4.47. The predicted octanol–water partition coefficient (Wildman–Crippen LogP) is 3.64. The van der Waals surface area contributed by atoms with Gasteiger partial charge in [0.1, 0.15) is 0 Å². The molecule has 1 aliphatic carbocycles. The third kappa shape index (κ3) is 4.78. The molecule has 0 aliphatic heterocycles. The molecule has 1 aromatic carbocycles. The topological polar surface area (TPSA) is 24.1 Å². The molecule has 0 unspecified atom stereocenters. The zero-order valence-corrected chi connectivity index (χ0v) is 13.5. The van der Waals surface area contributed by atoms with Crippen molar-refractivity contribution in [2.75, 3.05) is 6.54 Å². The molecule has 0 aromatic heterocycles. The largest absolute Gasteiger partial charge is 0.362 e. The van der Waals surface area contributed by atoms with Crippen molar-refractivity contribution in [1.82, 2.24) is 10.6 Å². The van der Waals surface area contributed by atoms with E-state index >= 15 is 0 Å². The van der Waals surface area contributed by atoms with Gasteiger partial charge in [-0.2, -0.15) is 0 Å². The highest BCUT2D eigenvalue weighted by atomic mass is 32.1. The van der Waals surface area contributed by atoms with Crippen LogP contribution in [0.4, 0.5) is 0 Å². The molecule has 1 saturated carbocycles. The number of rotatable bonds is 4. The second-order valence-electron chi connectivity index (χ2n) is 5.90. The zero-order chi connectivity index (χ0) is 14.4. The summed E-state index contributed by atoms with van der Waals surface area (Å²) in [4.78, 5) is 0. The van der Waals surface area contributed by atoms with Crippen LogP contribution in [0.5, 0.6) is 0 Å². The van der Waals surface area contributed by atoms with Gasteiger partial charge in [0, 0.05) is 12.6 Å². The van der Waals surface area contributed by atoms with Gasteiger partial charge in [-0.25, -0.2) is 0 Å².